The van der Waals surface area contributed by atoms with E-state index in [-0.39, 0.29) is 0 Å². The minimum absolute atomic E-state index is 0.989. The number of hydrogen-bond acceptors (Lipinski definition) is 0. The average molecular weight is 236 g/mol. The van der Waals surface area contributed by atoms with Crippen LogP contribution < -0.4 is 0 Å². The first-order valence-corrected chi connectivity index (χ1v) is 8.19. The van der Waals surface area contributed by atoms with Gasteiger partial charge in [0.05, 0.1) is 0 Å². The normalized spacial score (nSPS) is 40.2. The molecule has 0 saturated heterocycles. The lowest BCUT2D eigenvalue weighted by Crippen LogP contribution is -2.37. The third-order valence-corrected chi connectivity index (χ3v) is 5.85. The molecule has 0 aromatic heterocycles. The van der Waals surface area contributed by atoms with E-state index >= 15 is 0 Å². The summed E-state index contributed by atoms with van der Waals surface area (Å²) >= 11 is 0. The summed E-state index contributed by atoms with van der Waals surface area (Å²) in [7, 11) is 0. The summed E-state index contributed by atoms with van der Waals surface area (Å²) in [6, 6.07) is 0. The van der Waals surface area contributed by atoms with Gasteiger partial charge in [-0.2, -0.15) is 0 Å². The minimum Gasteiger partial charge on any atom is -0.0654 e. The lowest BCUT2D eigenvalue weighted by Gasteiger charge is -2.44. The second kappa shape index (κ2) is 5.76. The molecule has 5 atom stereocenters. The highest BCUT2D eigenvalue weighted by Crippen LogP contribution is 2.52. The molecule has 0 N–H and O–H groups in total. The Labute approximate surface area is 109 Å². The Hall–Kier alpha value is 0. The predicted molar refractivity (Wildman–Crippen MR) is 76.0 cm³/mol. The highest BCUT2D eigenvalue weighted by molar-refractivity contribution is 4.93. The molecule has 0 spiro atoms. The average Bonchev–Trinajstić information content (AvgIpc) is 3.12. The van der Waals surface area contributed by atoms with E-state index in [4.69, 9.17) is 0 Å². The smallest absolute Gasteiger partial charge is 0.0329 e. The van der Waals surface area contributed by atoms with E-state index in [9.17, 15) is 0 Å². The first-order chi connectivity index (χ1) is 8.19. The van der Waals surface area contributed by atoms with Crippen LogP contribution in [0, 0.1) is 35.5 Å². The molecule has 0 aromatic carbocycles. The van der Waals surface area contributed by atoms with Gasteiger partial charge < -0.3 is 0 Å². The zero-order chi connectivity index (χ0) is 12.4. The Morgan fingerprint density at radius 3 is 2.24 bits per heavy atom. The highest BCUT2D eigenvalue weighted by atomic mass is 14.5. The molecule has 2 fully saturated rings. The summed E-state index contributed by atoms with van der Waals surface area (Å²) in [4.78, 5) is 0. The molecule has 0 amide bonds. The van der Waals surface area contributed by atoms with E-state index in [2.05, 4.69) is 27.7 Å². The monoisotopic (exact) mass is 236 g/mol. The second-order valence-electron chi connectivity index (χ2n) is 6.95. The van der Waals surface area contributed by atoms with Crippen LogP contribution in [0.3, 0.4) is 0 Å². The Balaban J connectivity index is 2.05. The van der Waals surface area contributed by atoms with Crippen molar-refractivity contribution in [3.63, 3.8) is 0 Å². The van der Waals surface area contributed by atoms with Crippen molar-refractivity contribution >= 4 is 0 Å². The van der Waals surface area contributed by atoms with Crippen LogP contribution in [0.2, 0.25) is 0 Å². The number of hydrogen-bond donors (Lipinski definition) is 0. The maximum absolute atomic E-state index is 2.58. The van der Waals surface area contributed by atoms with E-state index in [0.29, 0.717) is 0 Å². The maximum atomic E-state index is 2.58. The molecule has 0 bridgehead atoms. The van der Waals surface area contributed by atoms with Gasteiger partial charge in [0.15, 0.2) is 0 Å². The van der Waals surface area contributed by atoms with Crippen molar-refractivity contribution in [2.45, 2.75) is 72.6 Å². The second-order valence-corrected chi connectivity index (χ2v) is 6.95. The molecule has 2 rings (SSSR count). The quantitative estimate of drug-likeness (QED) is 0.589. The fourth-order valence-electron chi connectivity index (χ4n) is 4.80. The van der Waals surface area contributed by atoms with Crippen molar-refractivity contribution in [3.8, 4) is 0 Å². The minimum atomic E-state index is 0.989. The van der Waals surface area contributed by atoms with E-state index in [0.717, 1.165) is 35.5 Å². The summed E-state index contributed by atoms with van der Waals surface area (Å²) in [6.45, 7) is 9.91. The van der Waals surface area contributed by atoms with Crippen LogP contribution in [0.4, 0.5) is 0 Å². The molecule has 0 aromatic rings. The third-order valence-electron chi connectivity index (χ3n) is 5.85. The Bertz CT molecular complexity index is 228. The first-order valence-electron chi connectivity index (χ1n) is 8.19. The van der Waals surface area contributed by atoms with Gasteiger partial charge in [0.25, 0.3) is 0 Å². The van der Waals surface area contributed by atoms with Crippen molar-refractivity contribution in [2.24, 2.45) is 35.5 Å². The van der Waals surface area contributed by atoms with Gasteiger partial charge in [0.2, 0.25) is 0 Å². The molecule has 2 aliphatic rings. The van der Waals surface area contributed by atoms with Crippen molar-refractivity contribution < 1.29 is 0 Å². The van der Waals surface area contributed by atoms with Gasteiger partial charge in [0, 0.05) is 0 Å². The van der Waals surface area contributed by atoms with E-state index in [1.807, 2.05) is 0 Å². The van der Waals surface area contributed by atoms with Gasteiger partial charge >= 0.3 is 0 Å². The lowest BCUT2D eigenvalue weighted by atomic mass is 9.61. The zero-order valence-electron chi connectivity index (χ0n) is 12.4. The van der Waals surface area contributed by atoms with Crippen LogP contribution in [0.1, 0.15) is 72.6 Å². The SMILES string of the molecule is CCCC1CCC(C)C(C(CC)C2CC2)C1C. The molecule has 2 saturated carbocycles. The van der Waals surface area contributed by atoms with Crippen molar-refractivity contribution in [3.05, 3.63) is 0 Å². The van der Waals surface area contributed by atoms with Crippen LogP contribution in [0.15, 0.2) is 0 Å². The Morgan fingerprint density at radius 1 is 1.00 bits per heavy atom. The zero-order valence-corrected chi connectivity index (χ0v) is 12.4. The maximum Gasteiger partial charge on any atom is -0.0329 e. The molecule has 2 aliphatic carbocycles. The molecule has 100 valence electrons. The van der Waals surface area contributed by atoms with Gasteiger partial charge in [-0.1, -0.05) is 53.4 Å². The highest BCUT2D eigenvalue weighted by Gasteiger charge is 2.43. The molecule has 0 heterocycles. The molecule has 17 heavy (non-hydrogen) atoms. The lowest BCUT2D eigenvalue weighted by molar-refractivity contribution is 0.0465. The molecule has 0 radical (unpaired) electrons. The topological polar surface area (TPSA) is 0 Å². The van der Waals surface area contributed by atoms with Gasteiger partial charge in [-0.3, -0.25) is 0 Å². The Morgan fingerprint density at radius 2 is 1.71 bits per heavy atom. The van der Waals surface area contributed by atoms with Crippen molar-refractivity contribution in [1.82, 2.24) is 0 Å². The largest absolute Gasteiger partial charge is 0.0654 e. The van der Waals surface area contributed by atoms with Crippen LogP contribution in [-0.4, -0.2) is 0 Å². The van der Waals surface area contributed by atoms with Crippen LogP contribution in [-0.2, 0) is 0 Å². The molecule has 0 nitrogen and oxygen atoms in total. The van der Waals surface area contributed by atoms with E-state index in [1.54, 1.807) is 0 Å². The summed E-state index contributed by atoms with van der Waals surface area (Å²) in [5.74, 6) is 6.22. The van der Waals surface area contributed by atoms with Crippen LogP contribution in [0.5, 0.6) is 0 Å². The predicted octanol–water partition coefficient (Wildman–Crippen LogP) is 5.52. The van der Waals surface area contributed by atoms with Gasteiger partial charge in [-0.15, -0.1) is 0 Å². The third kappa shape index (κ3) is 2.88. The molecule has 0 aliphatic heterocycles. The molecule has 5 unspecified atom stereocenters. The van der Waals surface area contributed by atoms with E-state index in [1.165, 1.54) is 44.9 Å². The summed E-state index contributed by atoms with van der Waals surface area (Å²) in [5, 5.41) is 0. The molecular weight excluding hydrogens is 204 g/mol. The van der Waals surface area contributed by atoms with Gasteiger partial charge in [-0.25, -0.2) is 0 Å². The molecular formula is C17H32. The van der Waals surface area contributed by atoms with Crippen LogP contribution in [0.25, 0.3) is 0 Å². The van der Waals surface area contributed by atoms with E-state index < -0.39 is 0 Å². The van der Waals surface area contributed by atoms with Crippen molar-refractivity contribution in [2.75, 3.05) is 0 Å². The summed E-state index contributed by atoms with van der Waals surface area (Å²) in [6.07, 6.45) is 10.4. The van der Waals surface area contributed by atoms with Gasteiger partial charge in [0.1, 0.15) is 0 Å². The summed E-state index contributed by atoms with van der Waals surface area (Å²) < 4.78 is 0. The fourth-order valence-corrected chi connectivity index (χ4v) is 4.80. The fraction of sp³-hybridized carbons (Fsp3) is 1.00. The Kier molecular flexibility index (Phi) is 4.55. The standard InChI is InChI=1S/C17H32/c1-5-7-14-9-8-12(3)17(13(14)4)16(6-2)15-10-11-15/h12-17H,5-11H2,1-4H3. The molecule has 0 heteroatoms. The summed E-state index contributed by atoms with van der Waals surface area (Å²) in [5.41, 5.74) is 0. The first kappa shape index (κ1) is 13.4. The number of rotatable bonds is 5. The van der Waals surface area contributed by atoms with Crippen LogP contribution >= 0.6 is 0 Å². The van der Waals surface area contributed by atoms with Crippen molar-refractivity contribution in [1.29, 1.82) is 0 Å². The van der Waals surface area contributed by atoms with Gasteiger partial charge in [-0.05, 0) is 54.8 Å².